The van der Waals surface area contributed by atoms with Gasteiger partial charge in [-0.25, -0.2) is 4.98 Å². The number of nitrogens with zero attached hydrogens (tertiary/aromatic N) is 3. The van der Waals surface area contributed by atoms with Crippen molar-refractivity contribution in [2.24, 2.45) is 5.92 Å². The molecule has 6 heteroatoms. The minimum atomic E-state index is -0.152. The van der Waals surface area contributed by atoms with Crippen molar-refractivity contribution >= 4 is 29.1 Å². The van der Waals surface area contributed by atoms with E-state index in [1.165, 1.54) is 12.3 Å². The van der Waals surface area contributed by atoms with Gasteiger partial charge in [-0.05, 0) is 18.9 Å². The molecule has 0 radical (unpaired) electrons. The van der Waals surface area contributed by atoms with Gasteiger partial charge in [0.15, 0.2) is 0 Å². The molecule has 0 spiro atoms. The largest absolute Gasteiger partial charge is 0.337 e. The Balaban J connectivity index is 2.15. The van der Waals surface area contributed by atoms with Crippen LogP contribution in [0.1, 0.15) is 23.2 Å². The molecule has 2 rings (SSSR count). The highest BCUT2D eigenvalue weighted by molar-refractivity contribution is 6.41. The van der Waals surface area contributed by atoms with Crippen LogP contribution in [0, 0.1) is 17.2 Å². The van der Waals surface area contributed by atoms with Crippen LogP contribution in [0.4, 0.5) is 0 Å². The highest BCUT2D eigenvalue weighted by atomic mass is 35.5. The number of hydrogen-bond acceptors (Lipinski definition) is 3. The quantitative estimate of drug-likeness (QED) is 0.745. The molecule has 0 aliphatic carbocycles. The SMILES string of the molecule is N#CC1CCCN(C(=O)c2cnc(Cl)c(Cl)c2)C1. The second-order valence-electron chi connectivity index (χ2n) is 4.22. The number of carbonyl (C=O) groups excluding carboxylic acids is 1. The fourth-order valence-corrected chi connectivity index (χ4v) is 2.26. The van der Waals surface area contributed by atoms with Crippen LogP contribution in [-0.4, -0.2) is 28.9 Å². The summed E-state index contributed by atoms with van der Waals surface area (Å²) in [5.74, 6) is -0.237. The van der Waals surface area contributed by atoms with Crippen LogP contribution in [0.2, 0.25) is 10.2 Å². The molecule has 0 N–H and O–H groups in total. The Morgan fingerprint density at radius 3 is 3.00 bits per heavy atom. The molecule has 0 bridgehead atoms. The highest BCUT2D eigenvalue weighted by Gasteiger charge is 2.24. The van der Waals surface area contributed by atoms with E-state index in [9.17, 15) is 4.79 Å². The number of nitriles is 1. The highest BCUT2D eigenvalue weighted by Crippen LogP contribution is 2.22. The van der Waals surface area contributed by atoms with E-state index in [0.717, 1.165) is 12.8 Å². The molecule has 1 saturated heterocycles. The molecule has 1 aliphatic rings. The summed E-state index contributed by atoms with van der Waals surface area (Å²) < 4.78 is 0. The minimum Gasteiger partial charge on any atom is -0.337 e. The van der Waals surface area contributed by atoms with Gasteiger partial charge in [0, 0.05) is 19.3 Å². The molecule has 2 heterocycles. The molecular weight excluding hydrogens is 273 g/mol. The molecule has 1 aromatic rings. The summed E-state index contributed by atoms with van der Waals surface area (Å²) in [7, 11) is 0. The molecule has 94 valence electrons. The smallest absolute Gasteiger partial charge is 0.255 e. The Bertz CT molecular complexity index is 513. The van der Waals surface area contributed by atoms with Gasteiger partial charge in [0.1, 0.15) is 5.15 Å². The van der Waals surface area contributed by atoms with Crippen molar-refractivity contribution in [1.82, 2.24) is 9.88 Å². The summed E-state index contributed by atoms with van der Waals surface area (Å²) >= 11 is 11.5. The zero-order chi connectivity index (χ0) is 13.1. The van der Waals surface area contributed by atoms with E-state index < -0.39 is 0 Å². The lowest BCUT2D eigenvalue weighted by atomic mass is 9.99. The van der Waals surface area contributed by atoms with Crippen LogP contribution in [-0.2, 0) is 0 Å². The number of rotatable bonds is 1. The molecule has 1 amide bonds. The number of halogens is 2. The van der Waals surface area contributed by atoms with Gasteiger partial charge in [-0.1, -0.05) is 23.2 Å². The molecule has 0 aromatic carbocycles. The average Bonchev–Trinajstić information content (AvgIpc) is 2.41. The summed E-state index contributed by atoms with van der Waals surface area (Å²) in [5.41, 5.74) is 0.406. The summed E-state index contributed by atoms with van der Waals surface area (Å²) in [6.45, 7) is 1.13. The number of likely N-dealkylation sites (tertiary alicyclic amines) is 1. The van der Waals surface area contributed by atoms with E-state index in [-0.39, 0.29) is 22.0 Å². The summed E-state index contributed by atoms with van der Waals surface area (Å²) in [5, 5.41) is 9.35. The second kappa shape index (κ2) is 5.55. The summed E-state index contributed by atoms with van der Waals surface area (Å²) in [4.78, 5) is 17.7. The molecule has 1 aliphatic heterocycles. The number of hydrogen-bond donors (Lipinski definition) is 0. The first kappa shape index (κ1) is 13.1. The number of pyridine rings is 1. The molecule has 4 nitrogen and oxygen atoms in total. The van der Waals surface area contributed by atoms with Gasteiger partial charge in [0.25, 0.3) is 5.91 Å². The van der Waals surface area contributed by atoms with Gasteiger partial charge in [0.2, 0.25) is 0 Å². The minimum absolute atomic E-state index is 0.0848. The Hall–Kier alpha value is -1.31. The van der Waals surface area contributed by atoms with Crippen molar-refractivity contribution < 1.29 is 4.79 Å². The van der Waals surface area contributed by atoms with E-state index in [0.29, 0.717) is 18.7 Å². The maximum absolute atomic E-state index is 12.2. The van der Waals surface area contributed by atoms with Crippen molar-refractivity contribution in [1.29, 1.82) is 5.26 Å². The van der Waals surface area contributed by atoms with Gasteiger partial charge in [-0.2, -0.15) is 5.26 Å². The van der Waals surface area contributed by atoms with Gasteiger partial charge >= 0.3 is 0 Å². The Kier molecular flexibility index (Phi) is 4.05. The molecule has 1 atom stereocenters. The van der Waals surface area contributed by atoms with Crippen LogP contribution >= 0.6 is 23.2 Å². The van der Waals surface area contributed by atoms with Crippen LogP contribution in [0.3, 0.4) is 0 Å². The number of aromatic nitrogens is 1. The number of piperidine rings is 1. The van der Waals surface area contributed by atoms with Gasteiger partial charge in [-0.15, -0.1) is 0 Å². The molecule has 18 heavy (non-hydrogen) atoms. The lowest BCUT2D eigenvalue weighted by Gasteiger charge is -2.29. The van der Waals surface area contributed by atoms with Crippen molar-refractivity contribution in [2.45, 2.75) is 12.8 Å². The summed E-state index contributed by atoms with van der Waals surface area (Å²) in [6, 6.07) is 3.71. The first-order valence-corrected chi connectivity index (χ1v) is 6.37. The Morgan fingerprint density at radius 2 is 2.33 bits per heavy atom. The van der Waals surface area contributed by atoms with Crippen LogP contribution < -0.4 is 0 Å². The number of amides is 1. The van der Waals surface area contributed by atoms with Gasteiger partial charge < -0.3 is 4.90 Å². The molecular formula is C12H11Cl2N3O. The fourth-order valence-electron chi connectivity index (χ4n) is 1.99. The second-order valence-corrected chi connectivity index (χ2v) is 4.98. The van der Waals surface area contributed by atoms with E-state index >= 15 is 0 Å². The summed E-state index contributed by atoms with van der Waals surface area (Å²) in [6.07, 6.45) is 3.10. The average molecular weight is 284 g/mol. The lowest BCUT2D eigenvalue weighted by molar-refractivity contribution is 0.0698. The topological polar surface area (TPSA) is 57.0 Å². The third-order valence-electron chi connectivity index (χ3n) is 2.93. The van der Waals surface area contributed by atoms with E-state index in [1.54, 1.807) is 4.90 Å². The fraction of sp³-hybridized carbons (Fsp3) is 0.417. The normalized spacial score (nSPS) is 19.4. The first-order chi connectivity index (χ1) is 8.61. The van der Waals surface area contributed by atoms with E-state index in [2.05, 4.69) is 11.1 Å². The number of carbonyl (C=O) groups is 1. The van der Waals surface area contributed by atoms with Gasteiger partial charge in [0.05, 0.1) is 22.6 Å². The van der Waals surface area contributed by atoms with Gasteiger partial charge in [-0.3, -0.25) is 4.79 Å². The van der Waals surface area contributed by atoms with E-state index in [4.69, 9.17) is 28.5 Å². The zero-order valence-electron chi connectivity index (χ0n) is 9.57. The Labute approximate surface area is 115 Å². The predicted molar refractivity (Wildman–Crippen MR) is 68.5 cm³/mol. The van der Waals surface area contributed by atoms with Crippen molar-refractivity contribution in [3.8, 4) is 6.07 Å². The third-order valence-corrected chi connectivity index (χ3v) is 3.62. The third kappa shape index (κ3) is 2.74. The molecule has 0 saturated carbocycles. The first-order valence-electron chi connectivity index (χ1n) is 5.61. The van der Waals surface area contributed by atoms with Crippen LogP contribution in [0.25, 0.3) is 0 Å². The maximum atomic E-state index is 12.2. The van der Waals surface area contributed by atoms with Crippen LogP contribution in [0.5, 0.6) is 0 Å². The van der Waals surface area contributed by atoms with Crippen molar-refractivity contribution in [3.05, 3.63) is 28.0 Å². The van der Waals surface area contributed by atoms with E-state index in [1.807, 2.05) is 0 Å². The lowest BCUT2D eigenvalue weighted by Crippen LogP contribution is -2.39. The van der Waals surface area contributed by atoms with Crippen LogP contribution in [0.15, 0.2) is 12.3 Å². The Morgan fingerprint density at radius 1 is 1.56 bits per heavy atom. The standard InChI is InChI=1S/C12H11Cl2N3O/c13-10-4-9(6-16-11(10)14)12(18)17-3-1-2-8(5-15)7-17/h4,6,8H,1-3,7H2. The maximum Gasteiger partial charge on any atom is 0.255 e. The predicted octanol–water partition coefficient (Wildman–Crippen LogP) is 2.76. The van der Waals surface area contributed by atoms with Crippen molar-refractivity contribution in [2.75, 3.05) is 13.1 Å². The molecule has 1 unspecified atom stereocenters. The monoisotopic (exact) mass is 283 g/mol. The molecule has 1 aromatic heterocycles. The van der Waals surface area contributed by atoms with Crippen molar-refractivity contribution in [3.63, 3.8) is 0 Å². The molecule has 1 fully saturated rings. The zero-order valence-corrected chi connectivity index (χ0v) is 11.1.